The molecule has 0 aromatic carbocycles. The molecular weight excluding hydrogens is 188 g/mol. The SMILES string of the molecule is Cc1ccnc(C)c1-n1cccc1C=O. The number of pyridine rings is 1. The average Bonchev–Trinajstić information content (AvgIpc) is 2.65. The maximum atomic E-state index is 10.8. The first-order valence-corrected chi connectivity index (χ1v) is 4.79. The van der Waals surface area contributed by atoms with E-state index in [-0.39, 0.29) is 0 Å². The highest BCUT2D eigenvalue weighted by Crippen LogP contribution is 2.18. The first-order chi connectivity index (χ1) is 7.24. The Bertz CT molecular complexity index is 480. The molecule has 3 nitrogen and oxygen atoms in total. The van der Waals surface area contributed by atoms with Gasteiger partial charge in [-0.25, -0.2) is 0 Å². The van der Waals surface area contributed by atoms with E-state index in [0.29, 0.717) is 5.69 Å². The highest BCUT2D eigenvalue weighted by molar-refractivity contribution is 5.74. The van der Waals surface area contributed by atoms with Gasteiger partial charge in [-0.2, -0.15) is 0 Å². The Hall–Kier alpha value is -1.90. The van der Waals surface area contributed by atoms with Crippen molar-refractivity contribution in [2.45, 2.75) is 13.8 Å². The molecule has 76 valence electrons. The van der Waals surface area contributed by atoms with Gasteiger partial charge in [0.15, 0.2) is 6.29 Å². The number of aromatic nitrogens is 2. The Morgan fingerprint density at radius 1 is 1.33 bits per heavy atom. The number of aldehydes is 1. The number of carbonyl (C=O) groups excluding carboxylic acids is 1. The van der Waals surface area contributed by atoms with Crippen molar-refractivity contribution in [2.75, 3.05) is 0 Å². The Labute approximate surface area is 88.4 Å². The lowest BCUT2D eigenvalue weighted by atomic mass is 10.2. The van der Waals surface area contributed by atoms with Crippen molar-refractivity contribution in [3.63, 3.8) is 0 Å². The van der Waals surface area contributed by atoms with Gasteiger partial charge in [-0.1, -0.05) is 0 Å². The molecule has 2 heterocycles. The fraction of sp³-hybridized carbons (Fsp3) is 0.167. The fourth-order valence-corrected chi connectivity index (χ4v) is 1.74. The van der Waals surface area contributed by atoms with Crippen LogP contribution in [0.4, 0.5) is 0 Å². The van der Waals surface area contributed by atoms with Crippen molar-refractivity contribution >= 4 is 6.29 Å². The van der Waals surface area contributed by atoms with Gasteiger partial charge in [0.2, 0.25) is 0 Å². The summed E-state index contributed by atoms with van der Waals surface area (Å²) in [5.41, 5.74) is 3.68. The van der Waals surface area contributed by atoms with Gasteiger partial charge in [0.25, 0.3) is 0 Å². The monoisotopic (exact) mass is 200 g/mol. The summed E-state index contributed by atoms with van der Waals surface area (Å²) in [6.07, 6.45) is 4.50. The molecule has 2 aromatic heterocycles. The summed E-state index contributed by atoms with van der Waals surface area (Å²) in [6.45, 7) is 3.95. The molecule has 0 aliphatic carbocycles. The predicted molar refractivity (Wildman–Crippen MR) is 58.4 cm³/mol. The van der Waals surface area contributed by atoms with Crippen molar-refractivity contribution in [2.24, 2.45) is 0 Å². The van der Waals surface area contributed by atoms with Crippen LogP contribution in [0.5, 0.6) is 0 Å². The number of aryl methyl sites for hydroxylation is 2. The standard InChI is InChI=1S/C12H12N2O/c1-9-5-6-13-10(2)12(9)14-7-3-4-11(14)8-15/h3-8H,1-2H3. The summed E-state index contributed by atoms with van der Waals surface area (Å²) >= 11 is 0. The maximum absolute atomic E-state index is 10.8. The lowest BCUT2D eigenvalue weighted by Gasteiger charge is -2.11. The molecule has 15 heavy (non-hydrogen) atoms. The van der Waals surface area contributed by atoms with E-state index in [2.05, 4.69) is 4.98 Å². The van der Waals surface area contributed by atoms with Crippen molar-refractivity contribution in [3.8, 4) is 5.69 Å². The molecule has 0 unspecified atom stereocenters. The number of carbonyl (C=O) groups is 1. The molecule has 0 aliphatic rings. The Morgan fingerprint density at radius 3 is 2.80 bits per heavy atom. The maximum Gasteiger partial charge on any atom is 0.166 e. The summed E-state index contributed by atoms with van der Waals surface area (Å²) in [5.74, 6) is 0. The van der Waals surface area contributed by atoms with Crippen LogP contribution in [0.2, 0.25) is 0 Å². The van der Waals surface area contributed by atoms with Crippen LogP contribution < -0.4 is 0 Å². The molecule has 0 fully saturated rings. The van der Waals surface area contributed by atoms with E-state index in [1.165, 1.54) is 0 Å². The number of hydrogen-bond donors (Lipinski definition) is 0. The topological polar surface area (TPSA) is 34.9 Å². The van der Waals surface area contributed by atoms with Crippen LogP contribution in [0.25, 0.3) is 5.69 Å². The summed E-state index contributed by atoms with van der Waals surface area (Å²) < 4.78 is 1.87. The molecule has 0 radical (unpaired) electrons. The van der Waals surface area contributed by atoms with Crippen molar-refractivity contribution in [1.82, 2.24) is 9.55 Å². The zero-order valence-corrected chi connectivity index (χ0v) is 8.77. The normalized spacial score (nSPS) is 10.3. The predicted octanol–water partition coefficient (Wildman–Crippen LogP) is 2.30. The van der Waals surface area contributed by atoms with Gasteiger partial charge >= 0.3 is 0 Å². The average molecular weight is 200 g/mol. The van der Waals surface area contributed by atoms with Crippen LogP contribution >= 0.6 is 0 Å². The van der Waals surface area contributed by atoms with Crippen molar-refractivity contribution < 1.29 is 4.79 Å². The zero-order chi connectivity index (χ0) is 10.8. The van der Waals surface area contributed by atoms with E-state index in [9.17, 15) is 4.79 Å². The van der Waals surface area contributed by atoms with Crippen LogP contribution in [0.1, 0.15) is 21.7 Å². The van der Waals surface area contributed by atoms with Crippen LogP contribution in [0.15, 0.2) is 30.6 Å². The molecule has 0 bridgehead atoms. The first kappa shape index (κ1) is 9.65. The molecular formula is C12H12N2O. The zero-order valence-electron chi connectivity index (χ0n) is 8.77. The minimum Gasteiger partial charge on any atom is -0.312 e. The Kier molecular flexibility index (Phi) is 2.37. The quantitative estimate of drug-likeness (QED) is 0.697. The van der Waals surface area contributed by atoms with Gasteiger partial charge in [-0.05, 0) is 37.6 Å². The molecule has 3 heteroatoms. The lowest BCUT2D eigenvalue weighted by Crippen LogP contribution is -2.03. The van der Waals surface area contributed by atoms with E-state index in [1.54, 1.807) is 12.3 Å². The van der Waals surface area contributed by atoms with Gasteiger partial charge in [0, 0.05) is 12.4 Å². The number of rotatable bonds is 2. The molecule has 2 rings (SSSR count). The molecule has 0 amide bonds. The summed E-state index contributed by atoms with van der Waals surface area (Å²) in [6, 6.07) is 5.59. The van der Waals surface area contributed by atoms with Crippen LogP contribution in [-0.2, 0) is 0 Å². The molecule has 0 atom stereocenters. The van der Waals surface area contributed by atoms with Crippen LogP contribution in [0, 0.1) is 13.8 Å². The highest BCUT2D eigenvalue weighted by atomic mass is 16.1. The largest absolute Gasteiger partial charge is 0.312 e. The van der Waals surface area contributed by atoms with E-state index in [0.717, 1.165) is 23.2 Å². The second-order valence-electron chi connectivity index (χ2n) is 3.48. The highest BCUT2D eigenvalue weighted by Gasteiger charge is 2.08. The minimum atomic E-state index is 0.647. The molecule has 0 aliphatic heterocycles. The van der Waals surface area contributed by atoms with Gasteiger partial charge < -0.3 is 4.57 Å². The fourth-order valence-electron chi connectivity index (χ4n) is 1.74. The molecule has 0 saturated heterocycles. The third-order valence-electron chi connectivity index (χ3n) is 2.45. The second-order valence-corrected chi connectivity index (χ2v) is 3.48. The van der Waals surface area contributed by atoms with E-state index >= 15 is 0 Å². The van der Waals surface area contributed by atoms with Gasteiger partial charge in [-0.3, -0.25) is 9.78 Å². The van der Waals surface area contributed by atoms with E-state index in [4.69, 9.17) is 0 Å². The number of hydrogen-bond acceptors (Lipinski definition) is 2. The van der Waals surface area contributed by atoms with Gasteiger partial charge in [0.05, 0.1) is 17.1 Å². The molecule has 0 saturated carbocycles. The smallest absolute Gasteiger partial charge is 0.166 e. The third kappa shape index (κ3) is 1.56. The third-order valence-corrected chi connectivity index (χ3v) is 2.45. The first-order valence-electron chi connectivity index (χ1n) is 4.79. The Morgan fingerprint density at radius 2 is 2.13 bits per heavy atom. The summed E-state index contributed by atoms with van der Waals surface area (Å²) in [4.78, 5) is 15.1. The second kappa shape index (κ2) is 3.69. The van der Waals surface area contributed by atoms with Gasteiger partial charge in [-0.15, -0.1) is 0 Å². The molecule has 0 N–H and O–H groups in total. The molecule has 2 aromatic rings. The van der Waals surface area contributed by atoms with Crippen LogP contribution in [0.3, 0.4) is 0 Å². The van der Waals surface area contributed by atoms with Crippen molar-refractivity contribution in [3.05, 3.63) is 47.5 Å². The summed E-state index contributed by atoms with van der Waals surface area (Å²) in [7, 11) is 0. The van der Waals surface area contributed by atoms with E-state index in [1.807, 2.05) is 36.7 Å². The Balaban J connectivity index is 2.68. The van der Waals surface area contributed by atoms with Crippen molar-refractivity contribution in [1.29, 1.82) is 0 Å². The van der Waals surface area contributed by atoms with Gasteiger partial charge in [0.1, 0.15) is 0 Å². The molecule has 0 spiro atoms. The van der Waals surface area contributed by atoms with E-state index < -0.39 is 0 Å². The summed E-state index contributed by atoms with van der Waals surface area (Å²) in [5, 5.41) is 0. The number of nitrogens with zero attached hydrogens (tertiary/aromatic N) is 2. The lowest BCUT2D eigenvalue weighted by molar-refractivity contribution is 0.111. The van der Waals surface area contributed by atoms with Crippen LogP contribution in [-0.4, -0.2) is 15.8 Å². The minimum absolute atomic E-state index is 0.647.